The van der Waals surface area contributed by atoms with Gasteiger partial charge in [0.1, 0.15) is 12.8 Å². The monoisotopic (exact) mass is 301 g/mol. The van der Waals surface area contributed by atoms with Gasteiger partial charge in [0.15, 0.2) is 0 Å². The predicted molar refractivity (Wildman–Crippen MR) is 67.7 cm³/mol. The predicted octanol–water partition coefficient (Wildman–Crippen LogP) is 2.98. The van der Waals surface area contributed by atoms with E-state index in [1.54, 1.807) is 24.3 Å². The van der Waals surface area contributed by atoms with Crippen molar-refractivity contribution >= 4 is 28.1 Å². The molecule has 0 amide bonds. The molecular weight excluding hydrogens is 289 g/mol. The SMILES string of the molecule is N=C[C@@H](F)C[C@@H](Br)COC(=O)c1ccccc1. The van der Waals surface area contributed by atoms with Crippen LogP contribution in [0.4, 0.5) is 4.39 Å². The second-order valence-corrected chi connectivity index (χ2v) is 4.78. The molecule has 0 spiro atoms. The van der Waals surface area contributed by atoms with Crippen molar-refractivity contribution in [2.45, 2.75) is 17.4 Å². The number of halogens is 2. The minimum Gasteiger partial charge on any atom is -0.461 e. The molecule has 0 aliphatic rings. The fourth-order valence-electron chi connectivity index (χ4n) is 1.20. The zero-order chi connectivity index (χ0) is 12.7. The van der Waals surface area contributed by atoms with Gasteiger partial charge in [-0.25, -0.2) is 9.18 Å². The van der Waals surface area contributed by atoms with Crippen LogP contribution in [0.1, 0.15) is 16.8 Å². The number of carbonyl (C=O) groups excluding carboxylic acids is 1. The number of benzene rings is 1. The maximum atomic E-state index is 12.8. The zero-order valence-electron chi connectivity index (χ0n) is 9.11. The van der Waals surface area contributed by atoms with Gasteiger partial charge in [-0.15, -0.1) is 0 Å². The largest absolute Gasteiger partial charge is 0.461 e. The molecule has 0 saturated carbocycles. The lowest BCUT2D eigenvalue weighted by atomic mass is 10.2. The van der Waals surface area contributed by atoms with Gasteiger partial charge in [-0.2, -0.15) is 0 Å². The second kappa shape index (κ2) is 7.17. The van der Waals surface area contributed by atoms with Crippen LogP contribution in [0.25, 0.3) is 0 Å². The van der Waals surface area contributed by atoms with Crippen molar-refractivity contribution in [3.8, 4) is 0 Å². The minimum absolute atomic E-state index is 0.0853. The van der Waals surface area contributed by atoms with Crippen LogP contribution >= 0.6 is 15.9 Å². The molecular formula is C12H13BrFNO2. The molecule has 0 radical (unpaired) electrons. The van der Waals surface area contributed by atoms with Gasteiger partial charge in [0.25, 0.3) is 0 Å². The molecule has 1 N–H and O–H groups in total. The Labute approximate surface area is 108 Å². The van der Waals surface area contributed by atoms with Crippen LogP contribution in [0, 0.1) is 5.41 Å². The quantitative estimate of drug-likeness (QED) is 0.499. The number of hydrogen-bond acceptors (Lipinski definition) is 3. The van der Waals surface area contributed by atoms with Gasteiger partial charge in [0.2, 0.25) is 0 Å². The van der Waals surface area contributed by atoms with Crippen LogP contribution in [0.5, 0.6) is 0 Å². The van der Waals surface area contributed by atoms with Gasteiger partial charge in [-0.05, 0) is 18.6 Å². The third-order valence-electron chi connectivity index (χ3n) is 2.07. The van der Waals surface area contributed by atoms with Crippen LogP contribution in [-0.4, -0.2) is 29.8 Å². The van der Waals surface area contributed by atoms with Crippen molar-refractivity contribution in [2.75, 3.05) is 6.61 Å². The summed E-state index contributed by atoms with van der Waals surface area (Å²) < 4.78 is 17.8. The van der Waals surface area contributed by atoms with Crippen LogP contribution in [0.15, 0.2) is 30.3 Å². The highest BCUT2D eigenvalue weighted by molar-refractivity contribution is 9.09. The average molecular weight is 302 g/mol. The van der Waals surface area contributed by atoms with Gasteiger partial charge in [0.05, 0.1) is 10.4 Å². The number of rotatable bonds is 6. The summed E-state index contributed by atoms with van der Waals surface area (Å²) in [5, 5.41) is 6.72. The molecule has 1 aromatic carbocycles. The second-order valence-electron chi connectivity index (χ2n) is 3.48. The molecule has 17 heavy (non-hydrogen) atoms. The first-order valence-electron chi connectivity index (χ1n) is 5.14. The number of nitrogens with one attached hydrogen (secondary N) is 1. The van der Waals surface area contributed by atoms with Crippen LogP contribution in [-0.2, 0) is 4.74 Å². The summed E-state index contributed by atoms with van der Waals surface area (Å²) >= 11 is 3.20. The maximum Gasteiger partial charge on any atom is 0.338 e. The van der Waals surface area contributed by atoms with E-state index in [0.717, 1.165) is 6.21 Å². The topological polar surface area (TPSA) is 50.1 Å². The number of hydrogen-bond donors (Lipinski definition) is 1. The Kier molecular flexibility index (Phi) is 5.83. The first-order chi connectivity index (χ1) is 8.13. The van der Waals surface area contributed by atoms with Gasteiger partial charge in [-0.3, -0.25) is 0 Å². The maximum absolute atomic E-state index is 12.8. The number of alkyl halides is 2. The molecule has 92 valence electrons. The molecule has 0 aliphatic heterocycles. The van der Waals surface area contributed by atoms with Gasteiger partial charge in [-0.1, -0.05) is 34.1 Å². The molecule has 1 rings (SSSR count). The molecule has 0 aromatic heterocycles. The van der Waals surface area contributed by atoms with E-state index in [2.05, 4.69) is 15.9 Å². The highest BCUT2D eigenvalue weighted by Crippen LogP contribution is 2.11. The summed E-state index contributed by atoms with van der Waals surface area (Å²) in [6.45, 7) is 0.0853. The van der Waals surface area contributed by atoms with Gasteiger partial charge >= 0.3 is 5.97 Å². The third kappa shape index (κ3) is 5.08. The lowest BCUT2D eigenvalue weighted by Crippen LogP contribution is -2.18. The minimum atomic E-state index is -1.31. The summed E-state index contributed by atoms with van der Waals surface area (Å²) in [6, 6.07) is 8.60. The summed E-state index contributed by atoms with van der Waals surface area (Å²) in [4.78, 5) is 11.2. The lowest BCUT2D eigenvalue weighted by molar-refractivity contribution is 0.0502. The van der Waals surface area contributed by atoms with Crippen molar-refractivity contribution in [3.05, 3.63) is 35.9 Å². The van der Waals surface area contributed by atoms with Crippen molar-refractivity contribution in [3.63, 3.8) is 0 Å². The fraction of sp³-hybridized carbons (Fsp3) is 0.333. The summed E-state index contributed by atoms with van der Waals surface area (Å²) in [5.41, 5.74) is 0.469. The lowest BCUT2D eigenvalue weighted by Gasteiger charge is -2.11. The molecule has 0 bridgehead atoms. The third-order valence-corrected chi connectivity index (χ3v) is 2.70. The fourth-order valence-corrected chi connectivity index (χ4v) is 1.69. The van der Waals surface area contributed by atoms with Crippen LogP contribution < -0.4 is 0 Å². The van der Waals surface area contributed by atoms with Crippen molar-refractivity contribution in [2.24, 2.45) is 0 Å². The molecule has 0 unspecified atom stereocenters. The molecule has 2 atom stereocenters. The highest BCUT2D eigenvalue weighted by atomic mass is 79.9. The van der Waals surface area contributed by atoms with E-state index in [-0.39, 0.29) is 17.9 Å². The highest BCUT2D eigenvalue weighted by Gasteiger charge is 2.14. The molecule has 3 nitrogen and oxygen atoms in total. The summed E-state index contributed by atoms with van der Waals surface area (Å²) in [5.74, 6) is -0.430. The molecule has 5 heteroatoms. The Morgan fingerprint density at radius 2 is 2.12 bits per heavy atom. The van der Waals surface area contributed by atoms with Gasteiger partial charge < -0.3 is 10.1 Å². The molecule has 0 aliphatic carbocycles. The zero-order valence-corrected chi connectivity index (χ0v) is 10.7. The van der Waals surface area contributed by atoms with Crippen LogP contribution in [0.2, 0.25) is 0 Å². The number of carbonyl (C=O) groups is 1. The smallest absolute Gasteiger partial charge is 0.338 e. The molecule has 0 heterocycles. The number of ether oxygens (including phenoxy) is 1. The normalized spacial score (nSPS) is 13.8. The van der Waals surface area contributed by atoms with Crippen molar-refractivity contribution in [1.29, 1.82) is 5.41 Å². The number of esters is 1. The molecule has 0 saturated heterocycles. The standard InChI is InChI=1S/C12H13BrFNO2/c13-10(6-11(14)7-15)8-17-12(16)9-4-2-1-3-5-9/h1-5,7,10-11,15H,6,8H2/t10-,11+/m1/s1. The molecule has 0 fully saturated rings. The Morgan fingerprint density at radius 1 is 1.47 bits per heavy atom. The van der Waals surface area contributed by atoms with E-state index >= 15 is 0 Å². The van der Waals surface area contributed by atoms with E-state index in [1.165, 1.54) is 0 Å². The summed E-state index contributed by atoms with van der Waals surface area (Å²) in [7, 11) is 0. The summed E-state index contributed by atoms with van der Waals surface area (Å²) in [6.07, 6.45) is -0.464. The van der Waals surface area contributed by atoms with Crippen molar-refractivity contribution in [1.82, 2.24) is 0 Å². The Morgan fingerprint density at radius 3 is 2.71 bits per heavy atom. The molecule has 1 aromatic rings. The van der Waals surface area contributed by atoms with E-state index in [4.69, 9.17) is 10.1 Å². The first kappa shape index (κ1) is 13.8. The first-order valence-corrected chi connectivity index (χ1v) is 6.06. The van der Waals surface area contributed by atoms with Crippen molar-refractivity contribution < 1.29 is 13.9 Å². The van der Waals surface area contributed by atoms with E-state index in [9.17, 15) is 9.18 Å². The van der Waals surface area contributed by atoms with Gasteiger partial charge in [0, 0.05) is 6.21 Å². The van der Waals surface area contributed by atoms with E-state index < -0.39 is 12.1 Å². The van der Waals surface area contributed by atoms with Crippen LogP contribution in [0.3, 0.4) is 0 Å². The average Bonchev–Trinajstić information content (AvgIpc) is 2.36. The Hall–Kier alpha value is -1.23. The van der Waals surface area contributed by atoms with E-state index in [1.807, 2.05) is 6.07 Å². The Bertz CT molecular complexity index is 372. The van der Waals surface area contributed by atoms with E-state index in [0.29, 0.717) is 5.56 Å². The Balaban J connectivity index is 2.36.